The Bertz CT molecular complexity index is 153. The SMILES string of the molecule is CC(C)CSC(C)CNC1CCCCC1. The Labute approximate surface area is 99.8 Å². The minimum Gasteiger partial charge on any atom is -0.313 e. The van der Waals surface area contributed by atoms with Crippen molar-refractivity contribution < 1.29 is 0 Å². The van der Waals surface area contributed by atoms with E-state index in [0.29, 0.717) is 0 Å². The van der Waals surface area contributed by atoms with Gasteiger partial charge in [0.25, 0.3) is 0 Å². The summed E-state index contributed by atoms with van der Waals surface area (Å²) in [6.07, 6.45) is 7.13. The molecule has 2 heteroatoms. The van der Waals surface area contributed by atoms with Gasteiger partial charge in [0.15, 0.2) is 0 Å². The van der Waals surface area contributed by atoms with Gasteiger partial charge in [-0.3, -0.25) is 0 Å². The lowest BCUT2D eigenvalue weighted by molar-refractivity contribution is 0.375. The van der Waals surface area contributed by atoms with Crippen molar-refractivity contribution in [1.82, 2.24) is 5.32 Å². The molecule has 0 aromatic heterocycles. The number of hydrogen-bond acceptors (Lipinski definition) is 2. The van der Waals surface area contributed by atoms with Crippen molar-refractivity contribution in [3.63, 3.8) is 0 Å². The maximum atomic E-state index is 3.72. The molecule has 1 aliphatic carbocycles. The fourth-order valence-electron chi connectivity index (χ4n) is 2.05. The fraction of sp³-hybridized carbons (Fsp3) is 1.00. The molecule has 1 saturated carbocycles. The van der Waals surface area contributed by atoms with Crippen molar-refractivity contribution in [2.75, 3.05) is 12.3 Å². The van der Waals surface area contributed by atoms with Crippen LogP contribution in [0.1, 0.15) is 52.9 Å². The van der Waals surface area contributed by atoms with Crippen LogP contribution in [-0.2, 0) is 0 Å². The molecule has 0 aromatic rings. The van der Waals surface area contributed by atoms with Crippen LogP contribution in [0.2, 0.25) is 0 Å². The van der Waals surface area contributed by atoms with Gasteiger partial charge in [0, 0.05) is 17.8 Å². The summed E-state index contributed by atoms with van der Waals surface area (Å²) in [7, 11) is 0. The molecule has 1 unspecified atom stereocenters. The molecule has 0 spiro atoms. The van der Waals surface area contributed by atoms with Crippen molar-refractivity contribution in [2.45, 2.75) is 64.2 Å². The van der Waals surface area contributed by atoms with Crippen LogP contribution in [0.25, 0.3) is 0 Å². The lowest BCUT2D eigenvalue weighted by Gasteiger charge is -2.24. The average molecular weight is 229 g/mol. The fourth-order valence-corrected chi connectivity index (χ4v) is 2.98. The molecule has 90 valence electrons. The Morgan fingerprint density at radius 2 is 1.80 bits per heavy atom. The Morgan fingerprint density at radius 3 is 2.40 bits per heavy atom. The summed E-state index contributed by atoms with van der Waals surface area (Å²) in [5.41, 5.74) is 0. The van der Waals surface area contributed by atoms with Crippen LogP contribution in [0.4, 0.5) is 0 Å². The number of nitrogens with one attached hydrogen (secondary N) is 1. The van der Waals surface area contributed by atoms with Gasteiger partial charge in [-0.2, -0.15) is 11.8 Å². The van der Waals surface area contributed by atoms with Crippen LogP contribution >= 0.6 is 11.8 Å². The lowest BCUT2D eigenvalue weighted by Crippen LogP contribution is -2.35. The first-order chi connectivity index (χ1) is 7.18. The first-order valence-electron chi connectivity index (χ1n) is 6.53. The molecule has 1 atom stereocenters. The number of hydrogen-bond donors (Lipinski definition) is 1. The zero-order valence-corrected chi connectivity index (χ0v) is 11.4. The molecule has 0 aliphatic heterocycles. The van der Waals surface area contributed by atoms with E-state index < -0.39 is 0 Å². The van der Waals surface area contributed by atoms with Gasteiger partial charge in [-0.25, -0.2) is 0 Å². The number of thioether (sulfide) groups is 1. The van der Waals surface area contributed by atoms with Crippen LogP contribution in [0, 0.1) is 5.92 Å². The lowest BCUT2D eigenvalue weighted by atomic mass is 9.95. The average Bonchev–Trinajstić information content (AvgIpc) is 2.25. The molecule has 1 fully saturated rings. The summed E-state index contributed by atoms with van der Waals surface area (Å²) in [6.45, 7) is 8.15. The van der Waals surface area contributed by atoms with Crippen LogP contribution in [0.15, 0.2) is 0 Å². The molecule has 1 nitrogen and oxygen atoms in total. The predicted molar refractivity (Wildman–Crippen MR) is 71.6 cm³/mol. The minimum atomic E-state index is 0.773. The molecule has 0 saturated heterocycles. The smallest absolute Gasteiger partial charge is 0.0144 e. The molecule has 0 bridgehead atoms. The van der Waals surface area contributed by atoms with Crippen molar-refractivity contribution in [1.29, 1.82) is 0 Å². The molecule has 0 heterocycles. The second kappa shape index (κ2) is 7.56. The van der Waals surface area contributed by atoms with Gasteiger partial charge in [-0.1, -0.05) is 40.0 Å². The van der Waals surface area contributed by atoms with E-state index in [1.54, 1.807) is 0 Å². The van der Waals surface area contributed by atoms with Gasteiger partial charge in [0.2, 0.25) is 0 Å². The largest absolute Gasteiger partial charge is 0.313 e. The summed E-state index contributed by atoms with van der Waals surface area (Å²) >= 11 is 2.11. The van der Waals surface area contributed by atoms with Crippen LogP contribution in [0.5, 0.6) is 0 Å². The monoisotopic (exact) mass is 229 g/mol. The van der Waals surface area contributed by atoms with E-state index in [1.165, 1.54) is 44.4 Å². The van der Waals surface area contributed by atoms with Gasteiger partial charge in [0.1, 0.15) is 0 Å². The van der Waals surface area contributed by atoms with Crippen molar-refractivity contribution >= 4 is 11.8 Å². The molecular formula is C13H27NS. The Balaban J connectivity index is 2.02. The van der Waals surface area contributed by atoms with Gasteiger partial charge in [-0.15, -0.1) is 0 Å². The summed E-state index contributed by atoms with van der Waals surface area (Å²) in [6, 6.07) is 0.820. The van der Waals surface area contributed by atoms with Gasteiger partial charge >= 0.3 is 0 Å². The van der Waals surface area contributed by atoms with Crippen molar-refractivity contribution in [2.24, 2.45) is 5.92 Å². The van der Waals surface area contributed by atoms with Gasteiger partial charge < -0.3 is 5.32 Å². The molecule has 0 amide bonds. The summed E-state index contributed by atoms with van der Waals surface area (Å²) < 4.78 is 0. The number of rotatable bonds is 6. The maximum absolute atomic E-state index is 3.72. The topological polar surface area (TPSA) is 12.0 Å². The van der Waals surface area contributed by atoms with Crippen LogP contribution < -0.4 is 5.32 Å². The van der Waals surface area contributed by atoms with Crippen molar-refractivity contribution in [3.8, 4) is 0 Å². The highest BCUT2D eigenvalue weighted by molar-refractivity contribution is 7.99. The molecule has 1 N–H and O–H groups in total. The highest BCUT2D eigenvalue weighted by Crippen LogP contribution is 2.18. The highest BCUT2D eigenvalue weighted by atomic mass is 32.2. The Morgan fingerprint density at radius 1 is 1.13 bits per heavy atom. The highest BCUT2D eigenvalue weighted by Gasteiger charge is 2.13. The molecule has 0 aromatic carbocycles. The Hall–Kier alpha value is 0.310. The zero-order chi connectivity index (χ0) is 11.1. The second-order valence-corrected chi connectivity index (χ2v) is 6.75. The van der Waals surface area contributed by atoms with Crippen LogP contribution in [-0.4, -0.2) is 23.6 Å². The molecule has 1 rings (SSSR count). The van der Waals surface area contributed by atoms with E-state index in [0.717, 1.165) is 17.2 Å². The predicted octanol–water partition coefficient (Wildman–Crippen LogP) is 3.69. The van der Waals surface area contributed by atoms with E-state index in [-0.39, 0.29) is 0 Å². The molecular weight excluding hydrogens is 202 g/mol. The zero-order valence-electron chi connectivity index (χ0n) is 10.6. The quantitative estimate of drug-likeness (QED) is 0.745. The molecule has 1 aliphatic rings. The summed E-state index contributed by atoms with van der Waals surface area (Å²) in [4.78, 5) is 0. The van der Waals surface area contributed by atoms with Gasteiger partial charge in [0.05, 0.1) is 0 Å². The summed E-state index contributed by atoms with van der Waals surface area (Å²) in [5, 5.41) is 4.50. The summed E-state index contributed by atoms with van der Waals surface area (Å²) in [5.74, 6) is 2.13. The van der Waals surface area contributed by atoms with Crippen molar-refractivity contribution in [3.05, 3.63) is 0 Å². The first kappa shape index (κ1) is 13.4. The third kappa shape index (κ3) is 6.47. The standard InChI is InChI=1S/C13H27NS/c1-11(2)10-15-12(3)9-14-13-7-5-4-6-8-13/h11-14H,4-10H2,1-3H3. The first-order valence-corrected chi connectivity index (χ1v) is 7.58. The van der Waals surface area contributed by atoms with E-state index in [2.05, 4.69) is 37.8 Å². The Kier molecular flexibility index (Phi) is 6.74. The normalized spacial score (nSPS) is 20.8. The van der Waals surface area contributed by atoms with E-state index in [4.69, 9.17) is 0 Å². The minimum absolute atomic E-state index is 0.773. The van der Waals surface area contributed by atoms with E-state index in [9.17, 15) is 0 Å². The molecule has 0 radical (unpaired) electrons. The third-order valence-corrected chi connectivity index (χ3v) is 4.61. The molecule has 15 heavy (non-hydrogen) atoms. The van der Waals surface area contributed by atoms with Crippen LogP contribution in [0.3, 0.4) is 0 Å². The van der Waals surface area contributed by atoms with Gasteiger partial charge in [-0.05, 0) is 24.5 Å². The second-order valence-electron chi connectivity index (χ2n) is 5.28. The third-order valence-electron chi connectivity index (χ3n) is 3.01. The van der Waals surface area contributed by atoms with E-state index in [1.807, 2.05) is 0 Å². The maximum Gasteiger partial charge on any atom is 0.0144 e. The van der Waals surface area contributed by atoms with E-state index >= 15 is 0 Å².